The Balaban J connectivity index is 2.67. The summed E-state index contributed by atoms with van der Waals surface area (Å²) in [6, 6.07) is 0. The molecule has 1 aliphatic rings. The van der Waals surface area contributed by atoms with E-state index in [2.05, 4.69) is 0 Å². The van der Waals surface area contributed by atoms with Gasteiger partial charge in [-0.25, -0.2) is 9.59 Å². The lowest BCUT2D eigenvalue weighted by molar-refractivity contribution is 0.103. The predicted octanol–water partition coefficient (Wildman–Crippen LogP) is 1.38. The Morgan fingerprint density at radius 1 is 1.47 bits per heavy atom. The second-order valence-corrected chi connectivity index (χ2v) is 3.09. The van der Waals surface area contributed by atoms with Gasteiger partial charge in [0.05, 0.1) is 0 Å². The van der Waals surface area contributed by atoms with Crippen LogP contribution in [0.4, 0.5) is 9.59 Å². The highest BCUT2D eigenvalue weighted by Gasteiger charge is 2.22. The highest BCUT2D eigenvalue weighted by Crippen LogP contribution is 2.09. The summed E-state index contributed by atoms with van der Waals surface area (Å²) < 4.78 is 0. The number of hydrogen-bond donors (Lipinski definition) is 2. The first-order chi connectivity index (χ1) is 7.02. The van der Waals surface area contributed by atoms with Crippen LogP contribution in [0.3, 0.4) is 0 Å². The van der Waals surface area contributed by atoms with Gasteiger partial charge in [-0.2, -0.15) is 4.90 Å². The van der Waals surface area contributed by atoms with Gasteiger partial charge in [-0.15, -0.1) is 0 Å². The van der Waals surface area contributed by atoms with Crippen LogP contribution in [0, 0.1) is 0 Å². The van der Waals surface area contributed by atoms with E-state index >= 15 is 0 Å². The Bertz CT molecular complexity index is 321. The number of carboxylic acid groups (broad SMARTS) is 2. The topological polar surface area (TPSA) is 81.1 Å². The van der Waals surface area contributed by atoms with Crippen molar-refractivity contribution < 1.29 is 19.8 Å². The minimum Gasteiger partial charge on any atom is -0.464 e. The molecule has 0 radical (unpaired) electrons. The van der Waals surface area contributed by atoms with Crippen LogP contribution in [-0.4, -0.2) is 45.4 Å². The minimum atomic E-state index is -1.47. The van der Waals surface area contributed by atoms with Gasteiger partial charge >= 0.3 is 12.2 Å². The first-order valence-electron chi connectivity index (χ1n) is 4.34. The molecule has 0 unspecified atom stereocenters. The zero-order valence-corrected chi connectivity index (χ0v) is 8.25. The number of nitrogens with zero attached hydrogens (tertiary/aromatic N) is 2. The Labute approximate surface area is 86.7 Å². The van der Waals surface area contributed by atoms with Crippen LogP contribution in [0.5, 0.6) is 0 Å². The SMILES string of the molecule is CC1=CC=CCN1CN(C(=O)O)C(=O)O. The zero-order valence-electron chi connectivity index (χ0n) is 8.25. The molecular weight excluding hydrogens is 200 g/mol. The fourth-order valence-electron chi connectivity index (χ4n) is 1.19. The molecular formula is C9H12N2O4. The van der Waals surface area contributed by atoms with Crippen LogP contribution < -0.4 is 0 Å². The van der Waals surface area contributed by atoms with Gasteiger partial charge in [-0.05, 0) is 13.0 Å². The summed E-state index contributed by atoms with van der Waals surface area (Å²) in [6.07, 6.45) is 2.53. The average Bonchev–Trinajstić information content (AvgIpc) is 2.15. The molecule has 15 heavy (non-hydrogen) atoms. The van der Waals surface area contributed by atoms with Crippen LogP contribution in [-0.2, 0) is 0 Å². The number of amides is 2. The molecule has 0 atom stereocenters. The van der Waals surface area contributed by atoms with E-state index in [-0.39, 0.29) is 6.67 Å². The summed E-state index contributed by atoms with van der Waals surface area (Å²) in [5.74, 6) is 0. The summed E-state index contributed by atoms with van der Waals surface area (Å²) in [4.78, 5) is 23.2. The van der Waals surface area contributed by atoms with Crippen molar-refractivity contribution in [1.29, 1.82) is 0 Å². The van der Waals surface area contributed by atoms with Gasteiger partial charge in [0, 0.05) is 12.2 Å². The maximum Gasteiger partial charge on any atom is 0.418 e. The largest absolute Gasteiger partial charge is 0.464 e. The first-order valence-corrected chi connectivity index (χ1v) is 4.34. The van der Waals surface area contributed by atoms with Crippen molar-refractivity contribution >= 4 is 12.2 Å². The lowest BCUT2D eigenvalue weighted by atomic mass is 10.3. The molecule has 0 fully saturated rings. The molecule has 0 spiro atoms. The predicted molar refractivity (Wildman–Crippen MR) is 52.4 cm³/mol. The lowest BCUT2D eigenvalue weighted by Gasteiger charge is -2.28. The standard InChI is InChI=1S/C9H12N2O4/c1-7-4-2-3-5-10(7)6-11(8(12)13)9(14)15/h2-4H,5-6H2,1H3,(H,12,13)(H,14,15). The third-order valence-electron chi connectivity index (χ3n) is 2.07. The van der Waals surface area contributed by atoms with E-state index in [1.165, 1.54) is 0 Å². The zero-order chi connectivity index (χ0) is 11.4. The fraction of sp³-hybridized carbons (Fsp3) is 0.333. The smallest absolute Gasteiger partial charge is 0.418 e. The Morgan fingerprint density at radius 3 is 2.53 bits per heavy atom. The maximum atomic E-state index is 10.6. The van der Waals surface area contributed by atoms with Crippen molar-refractivity contribution in [2.45, 2.75) is 6.92 Å². The molecule has 2 N–H and O–H groups in total. The second kappa shape index (κ2) is 4.50. The van der Waals surface area contributed by atoms with E-state index in [1.54, 1.807) is 17.9 Å². The molecule has 6 nitrogen and oxygen atoms in total. The van der Waals surface area contributed by atoms with Crippen LogP contribution in [0.15, 0.2) is 23.9 Å². The third kappa shape index (κ3) is 2.73. The highest BCUT2D eigenvalue weighted by atomic mass is 16.4. The Kier molecular flexibility index (Phi) is 3.33. The minimum absolute atomic E-state index is 0.169. The third-order valence-corrected chi connectivity index (χ3v) is 2.07. The number of rotatable bonds is 2. The molecule has 6 heteroatoms. The van der Waals surface area contributed by atoms with Crippen LogP contribution in [0.2, 0.25) is 0 Å². The van der Waals surface area contributed by atoms with Crippen molar-refractivity contribution in [2.24, 2.45) is 0 Å². The van der Waals surface area contributed by atoms with Gasteiger partial charge in [0.1, 0.15) is 6.67 Å². The molecule has 0 bridgehead atoms. The summed E-state index contributed by atoms with van der Waals surface area (Å²) in [7, 11) is 0. The molecule has 1 rings (SSSR count). The van der Waals surface area contributed by atoms with Crippen molar-refractivity contribution in [2.75, 3.05) is 13.2 Å². The molecule has 0 aromatic heterocycles. The molecule has 82 valence electrons. The summed E-state index contributed by atoms with van der Waals surface area (Å²) in [6.45, 7) is 2.14. The molecule has 2 amide bonds. The van der Waals surface area contributed by atoms with E-state index in [9.17, 15) is 9.59 Å². The van der Waals surface area contributed by atoms with Gasteiger partial charge < -0.3 is 15.1 Å². The number of imide groups is 1. The normalized spacial score (nSPS) is 14.7. The second-order valence-electron chi connectivity index (χ2n) is 3.09. The van der Waals surface area contributed by atoms with Crippen molar-refractivity contribution in [3.05, 3.63) is 23.9 Å². The maximum absolute atomic E-state index is 10.6. The lowest BCUT2D eigenvalue weighted by Crippen LogP contribution is -2.43. The van der Waals surface area contributed by atoms with E-state index in [0.717, 1.165) is 5.70 Å². The number of carbonyl (C=O) groups is 2. The monoisotopic (exact) mass is 212 g/mol. The van der Waals surface area contributed by atoms with E-state index in [1.807, 2.05) is 12.2 Å². The Morgan fingerprint density at radius 2 is 2.07 bits per heavy atom. The van der Waals surface area contributed by atoms with Crippen molar-refractivity contribution in [1.82, 2.24) is 9.80 Å². The van der Waals surface area contributed by atoms with E-state index in [0.29, 0.717) is 11.4 Å². The number of allylic oxidation sites excluding steroid dienone is 3. The van der Waals surface area contributed by atoms with Crippen molar-refractivity contribution in [3.8, 4) is 0 Å². The van der Waals surface area contributed by atoms with E-state index in [4.69, 9.17) is 10.2 Å². The van der Waals surface area contributed by atoms with Gasteiger partial charge in [-0.3, -0.25) is 0 Å². The van der Waals surface area contributed by atoms with Crippen LogP contribution >= 0.6 is 0 Å². The van der Waals surface area contributed by atoms with Crippen LogP contribution in [0.1, 0.15) is 6.92 Å². The van der Waals surface area contributed by atoms with Crippen molar-refractivity contribution in [3.63, 3.8) is 0 Å². The fourth-order valence-corrected chi connectivity index (χ4v) is 1.19. The molecule has 1 aliphatic heterocycles. The number of hydrogen-bond acceptors (Lipinski definition) is 3. The van der Waals surface area contributed by atoms with Gasteiger partial charge in [-0.1, -0.05) is 12.2 Å². The van der Waals surface area contributed by atoms with Gasteiger partial charge in [0.2, 0.25) is 0 Å². The van der Waals surface area contributed by atoms with Gasteiger partial charge in [0.25, 0.3) is 0 Å². The summed E-state index contributed by atoms with van der Waals surface area (Å²) >= 11 is 0. The Hall–Kier alpha value is -1.98. The average molecular weight is 212 g/mol. The molecule has 0 saturated carbocycles. The summed E-state index contributed by atoms with van der Waals surface area (Å²) in [5, 5.41) is 17.3. The quantitative estimate of drug-likeness (QED) is 0.722. The molecule has 0 aromatic rings. The van der Waals surface area contributed by atoms with Crippen LogP contribution in [0.25, 0.3) is 0 Å². The molecule has 0 aromatic carbocycles. The molecule has 1 heterocycles. The summed E-state index contributed by atoms with van der Waals surface area (Å²) in [5.41, 5.74) is 0.838. The molecule has 0 aliphatic carbocycles. The van der Waals surface area contributed by atoms with E-state index < -0.39 is 12.2 Å². The first kappa shape index (κ1) is 11.1. The molecule has 0 saturated heterocycles. The highest BCUT2D eigenvalue weighted by molar-refractivity contribution is 5.85. The van der Waals surface area contributed by atoms with Gasteiger partial charge in [0.15, 0.2) is 0 Å².